The molecule has 1 unspecified atom stereocenters. The number of Topliss-reactive ketones (excluding diaryl/α,β-unsaturated/α-hetero) is 1. The molecular formula is C26H23FN2O4. The standard InChI is InChI=1S/C26H23FN2O4/c1-2-15-33-21-9-5-19(6-10-21)24(30)22-23(18-3-7-20(27)8-4-18)29(26(32)25(22)31)16-17-11-13-28-14-12-17/h3-14,23,30H,2,15-16H2,1H3/b24-22+. The molecule has 3 aromatic rings. The highest BCUT2D eigenvalue weighted by Gasteiger charge is 2.46. The van der Waals surface area contributed by atoms with Crippen LogP contribution in [0.1, 0.15) is 36.1 Å². The number of halogens is 1. The van der Waals surface area contributed by atoms with Crippen molar-refractivity contribution in [1.29, 1.82) is 0 Å². The fraction of sp³-hybridized carbons (Fsp3) is 0.192. The van der Waals surface area contributed by atoms with Crippen LogP contribution in [0, 0.1) is 5.82 Å². The highest BCUT2D eigenvalue weighted by Crippen LogP contribution is 2.40. The molecule has 1 amide bonds. The Morgan fingerprint density at radius 3 is 2.33 bits per heavy atom. The Morgan fingerprint density at radius 2 is 1.70 bits per heavy atom. The van der Waals surface area contributed by atoms with Gasteiger partial charge in [-0.15, -0.1) is 0 Å². The van der Waals surface area contributed by atoms with E-state index >= 15 is 0 Å². The van der Waals surface area contributed by atoms with Gasteiger partial charge < -0.3 is 14.7 Å². The van der Waals surface area contributed by atoms with E-state index in [1.165, 1.54) is 29.2 Å². The SMILES string of the molecule is CCCOc1ccc(/C(O)=C2\C(=O)C(=O)N(Cc3ccncc3)C2c2ccc(F)cc2)cc1. The molecular weight excluding hydrogens is 423 g/mol. The molecule has 1 saturated heterocycles. The Kier molecular flexibility index (Phi) is 6.49. The molecule has 0 aliphatic carbocycles. The average Bonchev–Trinajstić information content (AvgIpc) is 3.08. The van der Waals surface area contributed by atoms with Gasteiger partial charge in [-0.1, -0.05) is 19.1 Å². The zero-order valence-corrected chi connectivity index (χ0v) is 18.1. The van der Waals surface area contributed by atoms with Crippen molar-refractivity contribution in [2.24, 2.45) is 0 Å². The van der Waals surface area contributed by atoms with Crippen molar-refractivity contribution in [3.05, 3.63) is 101 Å². The maximum Gasteiger partial charge on any atom is 0.295 e. The zero-order chi connectivity index (χ0) is 23.4. The van der Waals surface area contributed by atoms with Crippen molar-refractivity contribution in [2.75, 3.05) is 6.61 Å². The van der Waals surface area contributed by atoms with E-state index in [1.807, 2.05) is 6.92 Å². The van der Waals surface area contributed by atoms with E-state index in [4.69, 9.17) is 4.74 Å². The average molecular weight is 446 g/mol. The lowest BCUT2D eigenvalue weighted by Crippen LogP contribution is -2.29. The predicted octanol–water partition coefficient (Wildman–Crippen LogP) is 4.63. The molecule has 1 N–H and O–H groups in total. The van der Waals surface area contributed by atoms with E-state index < -0.39 is 23.5 Å². The molecule has 1 aliphatic heterocycles. The van der Waals surface area contributed by atoms with Crippen LogP contribution in [0.4, 0.5) is 4.39 Å². The number of aliphatic hydroxyl groups excluding tert-OH is 1. The third-order valence-electron chi connectivity index (χ3n) is 5.43. The van der Waals surface area contributed by atoms with Gasteiger partial charge in [-0.2, -0.15) is 0 Å². The number of carbonyl (C=O) groups is 2. The van der Waals surface area contributed by atoms with E-state index in [2.05, 4.69) is 4.98 Å². The van der Waals surface area contributed by atoms with Crippen molar-refractivity contribution < 1.29 is 23.8 Å². The Morgan fingerprint density at radius 1 is 1.03 bits per heavy atom. The van der Waals surface area contributed by atoms with Gasteiger partial charge in [0.05, 0.1) is 18.2 Å². The summed E-state index contributed by atoms with van der Waals surface area (Å²) in [5.74, 6) is -1.61. The van der Waals surface area contributed by atoms with Crippen LogP contribution in [0.3, 0.4) is 0 Å². The molecule has 0 spiro atoms. The minimum atomic E-state index is -0.866. The second-order valence-corrected chi connectivity index (χ2v) is 7.71. The maximum atomic E-state index is 13.6. The number of likely N-dealkylation sites (tertiary alicyclic amines) is 1. The minimum Gasteiger partial charge on any atom is -0.507 e. The summed E-state index contributed by atoms with van der Waals surface area (Å²) in [4.78, 5) is 31.4. The van der Waals surface area contributed by atoms with Gasteiger partial charge in [-0.05, 0) is 66.1 Å². The zero-order valence-electron chi connectivity index (χ0n) is 18.1. The highest BCUT2D eigenvalue weighted by atomic mass is 19.1. The maximum absolute atomic E-state index is 13.6. The Balaban J connectivity index is 1.78. The molecule has 0 radical (unpaired) electrons. The van der Waals surface area contributed by atoms with Crippen LogP contribution >= 0.6 is 0 Å². The second kappa shape index (κ2) is 9.65. The Bertz CT molecular complexity index is 1180. The van der Waals surface area contributed by atoms with E-state index in [1.54, 1.807) is 48.8 Å². The summed E-state index contributed by atoms with van der Waals surface area (Å²) in [5, 5.41) is 11.1. The fourth-order valence-corrected chi connectivity index (χ4v) is 3.80. The lowest BCUT2D eigenvalue weighted by molar-refractivity contribution is -0.140. The lowest BCUT2D eigenvalue weighted by atomic mass is 9.95. The molecule has 2 aromatic carbocycles. The largest absolute Gasteiger partial charge is 0.507 e. The number of ether oxygens (including phenoxy) is 1. The molecule has 1 atom stereocenters. The molecule has 168 valence electrons. The third-order valence-corrected chi connectivity index (χ3v) is 5.43. The number of hydrogen-bond donors (Lipinski definition) is 1. The Hall–Kier alpha value is -4.00. The summed E-state index contributed by atoms with van der Waals surface area (Å²) >= 11 is 0. The van der Waals surface area contributed by atoms with Gasteiger partial charge in [-0.3, -0.25) is 14.6 Å². The highest BCUT2D eigenvalue weighted by molar-refractivity contribution is 6.46. The lowest BCUT2D eigenvalue weighted by Gasteiger charge is -2.25. The van der Waals surface area contributed by atoms with Gasteiger partial charge in [0.25, 0.3) is 11.7 Å². The van der Waals surface area contributed by atoms with Crippen molar-refractivity contribution in [2.45, 2.75) is 25.9 Å². The molecule has 1 fully saturated rings. The van der Waals surface area contributed by atoms with Gasteiger partial charge in [0.1, 0.15) is 17.3 Å². The van der Waals surface area contributed by atoms with Crippen molar-refractivity contribution in [3.63, 3.8) is 0 Å². The molecule has 33 heavy (non-hydrogen) atoms. The molecule has 2 heterocycles. The van der Waals surface area contributed by atoms with Crippen LogP contribution in [0.15, 0.2) is 78.6 Å². The summed E-state index contributed by atoms with van der Waals surface area (Å²) in [6.45, 7) is 2.70. The monoisotopic (exact) mass is 446 g/mol. The van der Waals surface area contributed by atoms with Gasteiger partial charge in [0.15, 0.2) is 0 Å². The Labute approximate surface area is 191 Å². The van der Waals surface area contributed by atoms with Crippen LogP contribution in [0.2, 0.25) is 0 Å². The summed E-state index contributed by atoms with van der Waals surface area (Å²) in [7, 11) is 0. The van der Waals surface area contributed by atoms with E-state index in [9.17, 15) is 19.1 Å². The topological polar surface area (TPSA) is 79.7 Å². The number of benzene rings is 2. The van der Waals surface area contributed by atoms with Gasteiger partial charge in [0.2, 0.25) is 0 Å². The molecule has 4 rings (SSSR count). The van der Waals surface area contributed by atoms with Crippen molar-refractivity contribution in [1.82, 2.24) is 9.88 Å². The smallest absolute Gasteiger partial charge is 0.295 e. The predicted molar refractivity (Wildman–Crippen MR) is 121 cm³/mol. The first-order chi connectivity index (χ1) is 16.0. The number of carbonyl (C=O) groups excluding carboxylic acids is 2. The summed E-state index contributed by atoms with van der Waals surface area (Å²) in [6.07, 6.45) is 4.06. The number of amides is 1. The first kappa shape index (κ1) is 22.2. The molecule has 1 aliphatic rings. The van der Waals surface area contributed by atoms with Gasteiger partial charge >= 0.3 is 0 Å². The van der Waals surface area contributed by atoms with Gasteiger partial charge in [0, 0.05) is 24.5 Å². The number of hydrogen-bond acceptors (Lipinski definition) is 5. The third kappa shape index (κ3) is 4.62. The molecule has 6 nitrogen and oxygen atoms in total. The fourth-order valence-electron chi connectivity index (χ4n) is 3.80. The van der Waals surface area contributed by atoms with E-state index in [-0.39, 0.29) is 17.9 Å². The number of aromatic nitrogens is 1. The first-order valence-corrected chi connectivity index (χ1v) is 10.7. The second-order valence-electron chi connectivity index (χ2n) is 7.71. The van der Waals surface area contributed by atoms with Crippen LogP contribution < -0.4 is 4.74 Å². The van der Waals surface area contributed by atoms with Crippen LogP contribution in [0.5, 0.6) is 5.75 Å². The molecule has 1 aromatic heterocycles. The van der Waals surface area contributed by atoms with Crippen LogP contribution in [-0.4, -0.2) is 33.3 Å². The summed E-state index contributed by atoms with van der Waals surface area (Å²) in [6, 6.07) is 14.9. The number of nitrogens with zero attached hydrogens (tertiary/aromatic N) is 2. The molecule has 0 bridgehead atoms. The summed E-state index contributed by atoms with van der Waals surface area (Å²) in [5.41, 5.74) is 1.64. The number of rotatable bonds is 7. The minimum absolute atomic E-state index is 0.0390. The van der Waals surface area contributed by atoms with Crippen molar-refractivity contribution in [3.8, 4) is 5.75 Å². The number of pyridine rings is 1. The van der Waals surface area contributed by atoms with Crippen LogP contribution in [0.25, 0.3) is 5.76 Å². The first-order valence-electron chi connectivity index (χ1n) is 10.7. The normalized spacial score (nSPS) is 17.4. The molecule has 0 saturated carbocycles. The van der Waals surface area contributed by atoms with E-state index in [0.29, 0.717) is 23.5 Å². The van der Waals surface area contributed by atoms with Crippen LogP contribution in [-0.2, 0) is 16.1 Å². The van der Waals surface area contributed by atoms with Crippen molar-refractivity contribution >= 4 is 17.4 Å². The van der Waals surface area contributed by atoms with Gasteiger partial charge in [-0.25, -0.2) is 4.39 Å². The number of ketones is 1. The van der Waals surface area contributed by atoms with E-state index in [0.717, 1.165) is 12.0 Å². The number of aliphatic hydroxyl groups is 1. The molecule has 7 heteroatoms. The quantitative estimate of drug-likeness (QED) is 0.325. The summed E-state index contributed by atoms with van der Waals surface area (Å²) < 4.78 is 19.2.